The van der Waals surface area contributed by atoms with Crippen LogP contribution in [0.3, 0.4) is 0 Å². The van der Waals surface area contributed by atoms with E-state index in [1.165, 1.54) is 5.56 Å². The Kier molecular flexibility index (Phi) is 2.85. The van der Waals surface area contributed by atoms with E-state index >= 15 is 0 Å². The summed E-state index contributed by atoms with van der Waals surface area (Å²) in [5, 5.41) is 0. The SMILES string of the molecule is S=C1C=CC=C(S)C1c1ccccc1. The summed E-state index contributed by atoms with van der Waals surface area (Å²) in [5.74, 6) is 0.166. The summed E-state index contributed by atoms with van der Waals surface area (Å²) < 4.78 is 0. The summed E-state index contributed by atoms with van der Waals surface area (Å²) in [6.07, 6.45) is 5.91. The molecular weight excluding hydrogens is 208 g/mol. The van der Waals surface area contributed by atoms with Gasteiger partial charge in [0.05, 0.1) is 0 Å². The van der Waals surface area contributed by atoms with Crippen molar-refractivity contribution in [1.29, 1.82) is 0 Å². The Morgan fingerprint density at radius 3 is 2.50 bits per heavy atom. The maximum Gasteiger partial charge on any atom is 0.0499 e. The summed E-state index contributed by atoms with van der Waals surface area (Å²) in [6.45, 7) is 0. The standard InChI is InChI=1S/C12H10S2/c13-10-7-4-8-11(14)12(10)9-5-2-1-3-6-9/h1-8,12-13H. The first-order valence-corrected chi connectivity index (χ1v) is 5.30. The van der Waals surface area contributed by atoms with Gasteiger partial charge in [-0.3, -0.25) is 0 Å². The van der Waals surface area contributed by atoms with Gasteiger partial charge in [-0.25, -0.2) is 0 Å². The Balaban J connectivity index is 2.40. The van der Waals surface area contributed by atoms with Gasteiger partial charge in [-0.15, -0.1) is 12.6 Å². The molecule has 1 aromatic carbocycles. The summed E-state index contributed by atoms with van der Waals surface area (Å²) in [4.78, 5) is 1.95. The molecule has 0 radical (unpaired) electrons. The highest BCUT2D eigenvalue weighted by Gasteiger charge is 2.18. The Bertz CT molecular complexity index is 402. The number of thiocarbonyl (C=S) groups is 1. The molecule has 0 N–H and O–H groups in total. The highest BCUT2D eigenvalue weighted by Crippen LogP contribution is 2.31. The van der Waals surface area contributed by atoms with Gasteiger partial charge in [-0.05, 0) is 16.5 Å². The van der Waals surface area contributed by atoms with Crippen molar-refractivity contribution >= 4 is 29.7 Å². The molecule has 1 aromatic rings. The van der Waals surface area contributed by atoms with Crippen LogP contribution in [0.25, 0.3) is 0 Å². The Morgan fingerprint density at radius 2 is 1.86 bits per heavy atom. The number of thiol groups is 1. The molecule has 1 atom stereocenters. The molecule has 0 saturated heterocycles. The molecule has 1 unspecified atom stereocenters. The van der Waals surface area contributed by atoms with Crippen molar-refractivity contribution in [2.45, 2.75) is 5.92 Å². The van der Waals surface area contributed by atoms with Crippen molar-refractivity contribution in [2.75, 3.05) is 0 Å². The minimum Gasteiger partial charge on any atom is -0.147 e. The van der Waals surface area contributed by atoms with Crippen LogP contribution in [0.4, 0.5) is 0 Å². The van der Waals surface area contributed by atoms with Crippen LogP contribution in [0.1, 0.15) is 11.5 Å². The van der Waals surface area contributed by atoms with Gasteiger partial charge in [0.1, 0.15) is 0 Å². The summed E-state index contributed by atoms with van der Waals surface area (Å²) in [7, 11) is 0. The molecule has 0 nitrogen and oxygen atoms in total. The van der Waals surface area contributed by atoms with Gasteiger partial charge in [0.2, 0.25) is 0 Å². The Labute approximate surface area is 94.7 Å². The predicted octanol–water partition coefficient (Wildman–Crippen LogP) is 3.52. The highest BCUT2D eigenvalue weighted by molar-refractivity contribution is 7.85. The minimum atomic E-state index is 0.166. The highest BCUT2D eigenvalue weighted by atomic mass is 32.1. The van der Waals surface area contributed by atoms with Crippen LogP contribution < -0.4 is 0 Å². The minimum absolute atomic E-state index is 0.166. The second-order valence-corrected chi connectivity index (χ2v) is 4.18. The van der Waals surface area contributed by atoms with Crippen LogP contribution in [-0.4, -0.2) is 4.86 Å². The van der Waals surface area contributed by atoms with Crippen molar-refractivity contribution in [3.8, 4) is 0 Å². The smallest absolute Gasteiger partial charge is 0.0499 e. The van der Waals surface area contributed by atoms with Crippen molar-refractivity contribution in [3.05, 3.63) is 59.0 Å². The first-order chi connectivity index (χ1) is 6.79. The molecule has 0 bridgehead atoms. The molecule has 0 fully saturated rings. The van der Waals surface area contributed by atoms with E-state index in [9.17, 15) is 0 Å². The molecule has 2 heteroatoms. The van der Waals surface area contributed by atoms with Crippen LogP contribution >= 0.6 is 24.8 Å². The zero-order valence-corrected chi connectivity index (χ0v) is 9.26. The second-order valence-electron chi connectivity index (χ2n) is 3.20. The van der Waals surface area contributed by atoms with E-state index in [0.29, 0.717) is 0 Å². The van der Waals surface area contributed by atoms with Crippen molar-refractivity contribution in [1.82, 2.24) is 0 Å². The molecule has 14 heavy (non-hydrogen) atoms. The quantitative estimate of drug-likeness (QED) is 0.556. The van der Waals surface area contributed by atoms with E-state index in [2.05, 4.69) is 24.8 Å². The van der Waals surface area contributed by atoms with Crippen LogP contribution in [0.15, 0.2) is 53.5 Å². The molecule has 0 saturated carbocycles. The van der Waals surface area contributed by atoms with Crippen molar-refractivity contribution < 1.29 is 0 Å². The van der Waals surface area contributed by atoms with E-state index in [4.69, 9.17) is 12.2 Å². The van der Waals surface area contributed by atoms with E-state index < -0.39 is 0 Å². The molecule has 2 rings (SSSR count). The maximum absolute atomic E-state index is 5.31. The fourth-order valence-electron chi connectivity index (χ4n) is 1.56. The van der Waals surface area contributed by atoms with Crippen LogP contribution in [0, 0.1) is 0 Å². The molecule has 1 aliphatic carbocycles. The monoisotopic (exact) mass is 218 g/mol. The number of benzene rings is 1. The second kappa shape index (κ2) is 4.11. The van der Waals surface area contributed by atoms with Gasteiger partial charge in [0, 0.05) is 10.8 Å². The average Bonchev–Trinajstić information content (AvgIpc) is 2.19. The lowest BCUT2D eigenvalue weighted by molar-refractivity contribution is 1.14. The zero-order chi connectivity index (χ0) is 9.97. The third-order valence-electron chi connectivity index (χ3n) is 2.24. The molecule has 0 spiro atoms. The molecule has 70 valence electrons. The average molecular weight is 218 g/mol. The first kappa shape index (κ1) is 9.69. The van der Waals surface area contributed by atoms with Crippen molar-refractivity contribution in [2.24, 2.45) is 0 Å². The number of allylic oxidation sites excluding steroid dienone is 4. The molecule has 0 aliphatic heterocycles. The molecule has 0 amide bonds. The lowest BCUT2D eigenvalue weighted by Crippen LogP contribution is -2.10. The van der Waals surface area contributed by atoms with Gasteiger partial charge in [-0.2, -0.15) is 0 Å². The lowest BCUT2D eigenvalue weighted by Gasteiger charge is -2.19. The largest absolute Gasteiger partial charge is 0.147 e. The van der Waals surface area contributed by atoms with E-state index in [-0.39, 0.29) is 5.92 Å². The first-order valence-electron chi connectivity index (χ1n) is 4.45. The number of rotatable bonds is 1. The molecular formula is C12H10S2. The number of hydrogen-bond acceptors (Lipinski definition) is 2. The zero-order valence-electron chi connectivity index (χ0n) is 7.55. The molecule has 0 aromatic heterocycles. The molecule has 1 aliphatic rings. The van der Waals surface area contributed by atoms with Crippen LogP contribution in [0.5, 0.6) is 0 Å². The van der Waals surface area contributed by atoms with Gasteiger partial charge in [0.15, 0.2) is 0 Å². The topological polar surface area (TPSA) is 0 Å². The maximum atomic E-state index is 5.31. The predicted molar refractivity (Wildman–Crippen MR) is 68.0 cm³/mol. The van der Waals surface area contributed by atoms with Crippen molar-refractivity contribution in [3.63, 3.8) is 0 Å². The molecule has 0 heterocycles. The Hall–Kier alpha value is -0.860. The fraction of sp³-hybridized carbons (Fsp3) is 0.0833. The van der Waals surface area contributed by atoms with E-state index in [1.807, 2.05) is 36.4 Å². The van der Waals surface area contributed by atoms with Crippen LogP contribution in [-0.2, 0) is 0 Å². The van der Waals surface area contributed by atoms with E-state index in [1.54, 1.807) is 0 Å². The fourth-order valence-corrected chi connectivity index (χ4v) is 2.36. The Morgan fingerprint density at radius 1 is 1.14 bits per heavy atom. The summed E-state index contributed by atoms with van der Waals surface area (Å²) in [6, 6.07) is 10.2. The third-order valence-corrected chi connectivity index (χ3v) is 3.02. The van der Waals surface area contributed by atoms with E-state index in [0.717, 1.165) is 9.77 Å². The van der Waals surface area contributed by atoms with Gasteiger partial charge in [-0.1, -0.05) is 54.7 Å². The third kappa shape index (κ3) is 1.81. The lowest BCUT2D eigenvalue weighted by atomic mass is 9.92. The van der Waals surface area contributed by atoms with Gasteiger partial charge < -0.3 is 0 Å². The summed E-state index contributed by atoms with van der Waals surface area (Å²) >= 11 is 9.76. The van der Waals surface area contributed by atoms with Gasteiger partial charge >= 0.3 is 0 Å². The van der Waals surface area contributed by atoms with Gasteiger partial charge in [0.25, 0.3) is 0 Å². The van der Waals surface area contributed by atoms with Crippen LogP contribution in [0.2, 0.25) is 0 Å². The summed E-state index contributed by atoms with van der Waals surface area (Å²) in [5.41, 5.74) is 1.21. The normalized spacial score (nSPS) is 20.8. The number of hydrogen-bond donors (Lipinski definition) is 1.